The van der Waals surface area contributed by atoms with Crippen LogP contribution in [0.4, 0.5) is 0 Å². The molecule has 0 aliphatic heterocycles. The molecule has 0 aliphatic rings. The molecular weight excluding hydrogens is 240 g/mol. The van der Waals surface area contributed by atoms with Gasteiger partial charge in [-0.1, -0.05) is 31.2 Å². The smallest absolute Gasteiger partial charge is 0.0499 e. The number of thioether (sulfide) groups is 1. The van der Waals surface area contributed by atoms with Gasteiger partial charge in [0, 0.05) is 24.4 Å². The number of aryl methyl sites for hydroxylation is 1. The molecule has 2 N–H and O–H groups in total. The van der Waals surface area contributed by atoms with Gasteiger partial charge in [-0.3, -0.25) is 4.90 Å². The second-order valence-corrected chi connectivity index (χ2v) is 5.83. The van der Waals surface area contributed by atoms with E-state index in [1.165, 1.54) is 11.1 Å². The quantitative estimate of drug-likeness (QED) is 0.822. The SMILES string of the molecule is CCC(N)C(c1ccccc1C)N(C)CCSC. The first-order valence-electron chi connectivity index (χ1n) is 6.62. The average molecular weight is 266 g/mol. The van der Waals surface area contributed by atoms with E-state index in [4.69, 9.17) is 5.73 Å². The zero-order valence-electron chi connectivity index (χ0n) is 12.0. The third kappa shape index (κ3) is 4.01. The first-order chi connectivity index (χ1) is 8.61. The van der Waals surface area contributed by atoms with Crippen LogP contribution in [0.1, 0.15) is 30.5 Å². The van der Waals surface area contributed by atoms with E-state index in [9.17, 15) is 0 Å². The predicted octanol–water partition coefficient (Wildman–Crippen LogP) is 3.07. The molecule has 0 saturated carbocycles. The Bertz CT molecular complexity index is 354. The fraction of sp³-hybridized carbons (Fsp3) is 0.600. The summed E-state index contributed by atoms with van der Waals surface area (Å²) in [5, 5.41) is 0. The van der Waals surface area contributed by atoms with E-state index in [0.717, 1.165) is 18.7 Å². The van der Waals surface area contributed by atoms with Gasteiger partial charge in [-0.2, -0.15) is 11.8 Å². The topological polar surface area (TPSA) is 29.3 Å². The Kier molecular flexibility index (Phi) is 6.76. The van der Waals surface area contributed by atoms with Crippen LogP contribution in [0.25, 0.3) is 0 Å². The molecule has 18 heavy (non-hydrogen) atoms. The lowest BCUT2D eigenvalue weighted by Gasteiger charge is -2.33. The van der Waals surface area contributed by atoms with Crippen LogP contribution in [-0.2, 0) is 0 Å². The summed E-state index contributed by atoms with van der Waals surface area (Å²) >= 11 is 1.88. The molecule has 1 aromatic carbocycles. The minimum atomic E-state index is 0.193. The first kappa shape index (κ1) is 15.5. The molecule has 0 amide bonds. The van der Waals surface area contributed by atoms with Crippen LogP contribution >= 0.6 is 11.8 Å². The molecule has 0 aromatic heterocycles. The Morgan fingerprint density at radius 2 is 2.00 bits per heavy atom. The third-order valence-corrected chi connectivity index (χ3v) is 4.10. The molecule has 2 atom stereocenters. The normalized spacial score (nSPS) is 14.8. The summed E-state index contributed by atoms with van der Waals surface area (Å²) in [5.41, 5.74) is 9.05. The van der Waals surface area contributed by atoms with Crippen LogP contribution in [0, 0.1) is 6.92 Å². The van der Waals surface area contributed by atoms with Crippen molar-refractivity contribution in [1.29, 1.82) is 0 Å². The number of nitrogens with two attached hydrogens (primary N) is 1. The summed E-state index contributed by atoms with van der Waals surface area (Å²) in [6.07, 6.45) is 3.15. The van der Waals surface area contributed by atoms with Crippen LogP contribution in [0.2, 0.25) is 0 Å². The van der Waals surface area contributed by atoms with E-state index in [1.54, 1.807) is 0 Å². The van der Waals surface area contributed by atoms with Crippen molar-refractivity contribution in [2.75, 3.05) is 25.6 Å². The van der Waals surface area contributed by atoms with Gasteiger partial charge in [-0.05, 0) is 37.8 Å². The summed E-state index contributed by atoms with van der Waals surface area (Å²) < 4.78 is 0. The van der Waals surface area contributed by atoms with Crippen molar-refractivity contribution in [3.8, 4) is 0 Å². The summed E-state index contributed by atoms with van der Waals surface area (Å²) in [6, 6.07) is 9.11. The van der Waals surface area contributed by atoms with E-state index < -0.39 is 0 Å². The van der Waals surface area contributed by atoms with Crippen molar-refractivity contribution < 1.29 is 0 Å². The monoisotopic (exact) mass is 266 g/mol. The van der Waals surface area contributed by atoms with E-state index in [0.29, 0.717) is 6.04 Å². The van der Waals surface area contributed by atoms with Crippen LogP contribution in [0.15, 0.2) is 24.3 Å². The van der Waals surface area contributed by atoms with E-state index >= 15 is 0 Å². The van der Waals surface area contributed by atoms with Crippen molar-refractivity contribution in [3.05, 3.63) is 35.4 Å². The second-order valence-electron chi connectivity index (χ2n) is 4.85. The molecule has 2 nitrogen and oxygen atoms in total. The highest BCUT2D eigenvalue weighted by molar-refractivity contribution is 7.98. The van der Waals surface area contributed by atoms with E-state index in [1.807, 2.05) is 11.8 Å². The minimum absolute atomic E-state index is 0.193. The Hall–Kier alpha value is -0.510. The van der Waals surface area contributed by atoms with Crippen LogP contribution in [0.3, 0.4) is 0 Å². The van der Waals surface area contributed by atoms with Crippen molar-refractivity contribution in [2.24, 2.45) is 5.73 Å². The van der Waals surface area contributed by atoms with E-state index in [-0.39, 0.29) is 6.04 Å². The van der Waals surface area contributed by atoms with Crippen LogP contribution in [-0.4, -0.2) is 36.5 Å². The maximum atomic E-state index is 6.34. The van der Waals surface area contributed by atoms with Gasteiger partial charge in [0.1, 0.15) is 0 Å². The Morgan fingerprint density at radius 1 is 1.33 bits per heavy atom. The van der Waals surface area contributed by atoms with Gasteiger partial charge in [0.25, 0.3) is 0 Å². The summed E-state index contributed by atoms with van der Waals surface area (Å²) in [5.74, 6) is 1.15. The molecule has 0 fully saturated rings. The molecule has 102 valence electrons. The lowest BCUT2D eigenvalue weighted by Crippen LogP contribution is -2.40. The maximum absolute atomic E-state index is 6.34. The summed E-state index contributed by atoms with van der Waals surface area (Å²) in [4.78, 5) is 2.40. The summed E-state index contributed by atoms with van der Waals surface area (Å²) in [6.45, 7) is 5.42. The third-order valence-electron chi connectivity index (χ3n) is 3.51. The minimum Gasteiger partial charge on any atom is -0.326 e. The van der Waals surface area contributed by atoms with Gasteiger partial charge < -0.3 is 5.73 Å². The van der Waals surface area contributed by atoms with Gasteiger partial charge in [-0.15, -0.1) is 0 Å². The zero-order chi connectivity index (χ0) is 13.5. The van der Waals surface area contributed by atoms with Crippen LogP contribution in [0.5, 0.6) is 0 Å². The number of nitrogens with zero attached hydrogens (tertiary/aromatic N) is 1. The standard InChI is InChI=1S/C15H26N2S/c1-5-14(16)15(17(3)10-11-18-4)13-9-7-6-8-12(13)2/h6-9,14-15H,5,10-11,16H2,1-4H3. The molecule has 0 heterocycles. The zero-order valence-corrected chi connectivity index (χ0v) is 12.8. The highest BCUT2D eigenvalue weighted by atomic mass is 32.2. The lowest BCUT2D eigenvalue weighted by molar-refractivity contribution is 0.221. The molecule has 0 bridgehead atoms. The molecule has 0 aliphatic carbocycles. The van der Waals surface area contributed by atoms with Gasteiger partial charge in [-0.25, -0.2) is 0 Å². The molecule has 1 aromatic rings. The van der Waals surface area contributed by atoms with Crippen molar-refractivity contribution in [1.82, 2.24) is 4.90 Å². The molecule has 2 unspecified atom stereocenters. The fourth-order valence-electron chi connectivity index (χ4n) is 2.31. The van der Waals surface area contributed by atoms with Crippen molar-refractivity contribution in [2.45, 2.75) is 32.4 Å². The van der Waals surface area contributed by atoms with Gasteiger partial charge in [0.05, 0.1) is 0 Å². The Morgan fingerprint density at radius 3 is 2.56 bits per heavy atom. The highest BCUT2D eigenvalue weighted by Gasteiger charge is 2.23. The number of hydrogen-bond donors (Lipinski definition) is 1. The average Bonchev–Trinajstić information content (AvgIpc) is 2.38. The van der Waals surface area contributed by atoms with Crippen molar-refractivity contribution >= 4 is 11.8 Å². The second kappa shape index (κ2) is 7.82. The van der Waals surface area contributed by atoms with Crippen molar-refractivity contribution in [3.63, 3.8) is 0 Å². The number of likely N-dealkylation sites (N-methyl/N-ethyl adjacent to an activating group) is 1. The lowest BCUT2D eigenvalue weighted by atomic mass is 9.93. The molecule has 3 heteroatoms. The first-order valence-corrected chi connectivity index (χ1v) is 8.01. The summed E-state index contributed by atoms with van der Waals surface area (Å²) in [7, 11) is 2.18. The Labute approximate surface area is 116 Å². The van der Waals surface area contributed by atoms with Gasteiger partial charge >= 0.3 is 0 Å². The number of hydrogen-bond acceptors (Lipinski definition) is 3. The number of benzene rings is 1. The van der Waals surface area contributed by atoms with Gasteiger partial charge in [0.2, 0.25) is 0 Å². The largest absolute Gasteiger partial charge is 0.326 e. The fourth-order valence-corrected chi connectivity index (χ4v) is 2.78. The predicted molar refractivity (Wildman–Crippen MR) is 83.2 cm³/mol. The highest BCUT2D eigenvalue weighted by Crippen LogP contribution is 2.26. The molecule has 1 rings (SSSR count). The molecule has 0 saturated heterocycles. The number of rotatable bonds is 7. The molecule has 0 spiro atoms. The Balaban J connectivity index is 2.94. The van der Waals surface area contributed by atoms with E-state index in [2.05, 4.69) is 56.3 Å². The molecule has 0 radical (unpaired) electrons. The maximum Gasteiger partial charge on any atom is 0.0499 e. The molecular formula is C15H26N2S. The van der Waals surface area contributed by atoms with Crippen LogP contribution < -0.4 is 5.73 Å². The van der Waals surface area contributed by atoms with Gasteiger partial charge in [0.15, 0.2) is 0 Å².